The van der Waals surface area contributed by atoms with E-state index >= 15 is 0 Å². The van der Waals surface area contributed by atoms with Gasteiger partial charge in [0.05, 0.1) is 6.54 Å². The molecule has 0 bridgehead atoms. The molecule has 0 fully saturated rings. The highest BCUT2D eigenvalue weighted by Gasteiger charge is 1.94. The third kappa shape index (κ3) is 3.18. The summed E-state index contributed by atoms with van der Waals surface area (Å²) in [6.07, 6.45) is 8.28. The smallest absolute Gasteiger partial charge is 0.120 e. The number of aromatic nitrogens is 3. The molecular formula is C11H14N4. The van der Waals surface area contributed by atoms with E-state index < -0.39 is 0 Å². The Morgan fingerprint density at radius 2 is 2.33 bits per heavy atom. The quantitative estimate of drug-likeness (QED) is 0.715. The maximum absolute atomic E-state index is 4.13. The lowest BCUT2D eigenvalue weighted by Crippen LogP contribution is -2.17. The predicted octanol–water partition coefficient (Wildman–Crippen LogP) is 1.14. The summed E-state index contributed by atoms with van der Waals surface area (Å²) < 4.78 is 0. The highest BCUT2D eigenvalue weighted by molar-refractivity contribution is 5.08. The van der Waals surface area contributed by atoms with Crippen molar-refractivity contribution < 1.29 is 0 Å². The van der Waals surface area contributed by atoms with Gasteiger partial charge in [0, 0.05) is 24.8 Å². The molecule has 2 aromatic heterocycles. The van der Waals surface area contributed by atoms with Gasteiger partial charge in [0.1, 0.15) is 5.82 Å². The van der Waals surface area contributed by atoms with Gasteiger partial charge < -0.3 is 10.3 Å². The standard InChI is InChI=1S/C11H14N4/c1-2-10(8-12-4-1)3-5-13-9-11-14-6-7-15-11/h1-2,4,6-8,13H,3,5,9H2,(H,14,15). The van der Waals surface area contributed by atoms with E-state index in [-0.39, 0.29) is 0 Å². The zero-order chi connectivity index (χ0) is 10.3. The molecule has 15 heavy (non-hydrogen) atoms. The number of aromatic amines is 1. The first kappa shape index (κ1) is 9.86. The maximum Gasteiger partial charge on any atom is 0.120 e. The summed E-state index contributed by atoms with van der Waals surface area (Å²) in [5, 5.41) is 3.31. The molecule has 0 aliphatic rings. The minimum atomic E-state index is 0.785. The van der Waals surface area contributed by atoms with Crippen molar-refractivity contribution in [2.24, 2.45) is 0 Å². The number of H-pyrrole nitrogens is 1. The first-order chi connectivity index (χ1) is 7.45. The van der Waals surface area contributed by atoms with Gasteiger partial charge in [-0.05, 0) is 24.6 Å². The van der Waals surface area contributed by atoms with E-state index in [1.165, 1.54) is 5.56 Å². The molecule has 0 saturated carbocycles. The Bertz CT molecular complexity index is 369. The van der Waals surface area contributed by atoms with E-state index in [0.717, 1.165) is 25.3 Å². The van der Waals surface area contributed by atoms with E-state index in [2.05, 4.69) is 26.3 Å². The number of hydrogen-bond donors (Lipinski definition) is 2. The van der Waals surface area contributed by atoms with Crippen LogP contribution in [0.4, 0.5) is 0 Å². The molecule has 0 aromatic carbocycles. The normalized spacial score (nSPS) is 10.4. The van der Waals surface area contributed by atoms with Crippen LogP contribution in [0.25, 0.3) is 0 Å². The van der Waals surface area contributed by atoms with E-state index in [1.54, 1.807) is 12.4 Å². The summed E-state index contributed by atoms with van der Waals surface area (Å²) in [7, 11) is 0. The summed E-state index contributed by atoms with van der Waals surface area (Å²) in [6.45, 7) is 1.72. The lowest BCUT2D eigenvalue weighted by Gasteiger charge is -2.02. The lowest BCUT2D eigenvalue weighted by atomic mass is 10.2. The molecule has 2 heterocycles. The van der Waals surface area contributed by atoms with Crippen LogP contribution in [0.15, 0.2) is 36.9 Å². The molecule has 0 atom stereocenters. The van der Waals surface area contributed by atoms with Crippen LogP contribution in [0, 0.1) is 0 Å². The fraction of sp³-hybridized carbons (Fsp3) is 0.273. The van der Waals surface area contributed by atoms with Crippen LogP contribution in [0.3, 0.4) is 0 Å². The molecule has 4 nitrogen and oxygen atoms in total. The molecule has 0 aliphatic carbocycles. The summed E-state index contributed by atoms with van der Waals surface area (Å²) >= 11 is 0. The number of imidazole rings is 1. The zero-order valence-electron chi connectivity index (χ0n) is 8.48. The first-order valence-electron chi connectivity index (χ1n) is 5.03. The fourth-order valence-corrected chi connectivity index (χ4v) is 1.38. The second-order valence-electron chi connectivity index (χ2n) is 3.32. The van der Waals surface area contributed by atoms with Crippen LogP contribution in [0.5, 0.6) is 0 Å². The van der Waals surface area contributed by atoms with Crippen LogP contribution in [-0.4, -0.2) is 21.5 Å². The van der Waals surface area contributed by atoms with Crippen molar-refractivity contribution in [1.82, 2.24) is 20.3 Å². The Hall–Kier alpha value is -1.68. The van der Waals surface area contributed by atoms with Gasteiger partial charge in [-0.3, -0.25) is 4.98 Å². The van der Waals surface area contributed by atoms with Crippen LogP contribution in [-0.2, 0) is 13.0 Å². The second-order valence-corrected chi connectivity index (χ2v) is 3.32. The predicted molar refractivity (Wildman–Crippen MR) is 58.2 cm³/mol. The largest absolute Gasteiger partial charge is 0.348 e. The molecule has 0 spiro atoms. The average molecular weight is 202 g/mol. The van der Waals surface area contributed by atoms with Gasteiger partial charge in [-0.1, -0.05) is 6.07 Å². The third-order valence-electron chi connectivity index (χ3n) is 2.16. The number of nitrogens with one attached hydrogen (secondary N) is 2. The molecule has 0 saturated heterocycles. The third-order valence-corrected chi connectivity index (χ3v) is 2.16. The van der Waals surface area contributed by atoms with E-state index in [9.17, 15) is 0 Å². The zero-order valence-corrected chi connectivity index (χ0v) is 8.48. The SMILES string of the molecule is c1cncc(CCNCc2ncc[nH]2)c1. The molecule has 2 rings (SSSR count). The molecular weight excluding hydrogens is 188 g/mol. The molecule has 0 amide bonds. The van der Waals surface area contributed by atoms with Gasteiger partial charge in [0.2, 0.25) is 0 Å². The second kappa shape index (κ2) is 5.26. The van der Waals surface area contributed by atoms with Crippen molar-refractivity contribution >= 4 is 0 Å². The van der Waals surface area contributed by atoms with E-state index in [1.807, 2.05) is 18.5 Å². The Kier molecular flexibility index (Phi) is 3.46. The summed E-state index contributed by atoms with van der Waals surface area (Å²) in [5.41, 5.74) is 1.25. The summed E-state index contributed by atoms with van der Waals surface area (Å²) in [5.74, 6) is 0.973. The van der Waals surface area contributed by atoms with Gasteiger partial charge in [0.25, 0.3) is 0 Å². The highest BCUT2D eigenvalue weighted by atomic mass is 15.0. The monoisotopic (exact) mass is 202 g/mol. The number of nitrogens with zero attached hydrogens (tertiary/aromatic N) is 2. The van der Waals surface area contributed by atoms with Gasteiger partial charge in [-0.2, -0.15) is 0 Å². The van der Waals surface area contributed by atoms with Crippen molar-refractivity contribution in [3.8, 4) is 0 Å². The van der Waals surface area contributed by atoms with Crippen molar-refractivity contribution in [1.29, 1.82) is 0 Å². The lowest BCUT2D eigenvalue weighted by molar-refractivity contribution is 0.664. The van der Waals surface area contributed by atoms with Gasteiger partial charge in [0.15, 0.2) is 0 Å². The van der Waals surface area contributed by atoms with Crippen LogP contribution in [0.1, 0.15) is 11.4 Å². The van der Waals surface area contributed by atoms with E-state index in [4.69, 9.17) is 0 Å². The summed E-state index contributed by atoms with van der Waals surface area (Å²) in [6, 6.07) is 4.05. The van der Waals surface area contributed by atoms with Crippen LogP contribution < -0.4 is 5.32 Å². The molecule has 2 N–H and O–H groups in total. The minimum Gasteiger partial charge on any atom is -0.348 e. The maximum atomic E-state index is 4.13. The first-order valence-corrected chi connectivity index (χ1v) is 5.03. The molecule has 4 heteroatoms. The Morgan fingerprint density at radius 3 is 3.07 bits per heavy atom. The summed E-state index contributed by atoms with van der Waals surface area (Å²) in [4.78, 5) is 11.2. The highest BCUT2D eigenvalue weighted by Crippen LogP contribution is 1.95. The van der Waals surface area contributed by atoms with Crippen molar-refractivity contribution in [2.75, 3.05) is 6.54 Å². The van der Waals surface area contributed by atoms with Crippen molar-refractivity contribution in [2.45, 2.75) is 13.0 Å². The Balaban J connectivity index is 1.68. The van der Waals surface area contributed by atoms with Crippen molar-refractivity contribution in [3.63, 3.8) is 0 Å². The number of hydrogen-bond acceptors (Lipinski definition) is 3. The molecule has 78 valence electrons. The number of rotatable bonds is 5. The van der Waals surface area contributed by atoms with Crippen molar-refractivity contribution in [3.05, 3.63) is 48.3 Å². The topological polar surface area (TPSA) is 53.6 Å². The number of pyridine rings is 1. The Labute approximate surface area is 88.8 Å². The molecule has 2 aromatic rings. The van der Waals surface area contributed by atoms with E-state index in [0.29, 0.717) is 0 Å². The molecule has 0 radical (unpaired) electrons. The van der Waals surface area contributed by atoms with Crippen LogP contribution >= 0.6 is 0 Å². The van der Waals surface area contributed by atoms with Gasteiger partial charge in [-0.25, -0.2) is 4.98 Å². The molecule has 0 unspecified atom stereocenters. The molecule has 0 aliphatic heterocycles. The fourth-order valence-electron chi connectivity index (χ4n) is 1.38. The minimum absolute atomic E-state index is 0.785. The van der Waals surface area contributed by atoms with Crippen LogP contribution in [0.2, 0.25) is 0 Å². The van der Waals surface area contributed by atoms with Gasteiger partial charge in [-0.15, -0.1) is 0 Å². The Morgan fingerprint density at radius 1 is 1.33 bits per heavy atom. The van der Waals surface area contributed by atoms with Gasteiger partial charge >= 0.3 is 0 Å². The average Bonchev–Trinajstić information content (AvgIpc) is 2.79.